The third-order valence-corrected chi connectivity index (χ3v) is 3.01. The zero-order valence-electron chi connectivity index (χ0n) is 8.96. The van der Waals surface area contributed by atoms with E-state index in [0.29, 0.717) is 0 Å². The summed E-state index contributed by atoms with van der Waals surface area (Å²) in [5.74, 6) is 0. The maximum Gasteiger partial charge on any atom is 0.0364 e. The van der Waals surface area contributed by atoms with Gasteiger partial charge in [0.2, 0.25) is 0 Å². The van der Waals surface area contributed by atoms with Crippen LogP contribution in [0.25, 0.3) is 0 Å². The summed E-state index contributed by atoms with van der Waals surface area (Å²) in [6.07, 6.45) is 3.55. The first-order valence-electron chi connectivity index (χ1n) is 5.24. The number of hydrogen-bond donors (Lipinski definition) is 1. The van der Waals surface area contributed by atoms with Crippen molar-refractivity contribution in [3.63, 3.8) is 0 Å². The maximum atomic E-state index is 6.10. The Morgan fingerprint density at radius 3 is 2.86 bits per heavy atom. The number of benzene rings is 1. The standard InChI is InChI=1S/C12H18N2/c1-14(2)10-7-6-9-4-3-5-12(13)11(9)8-10/h6-8,12H,3-5,13H2,1-2H3. The van der Waals surface area contributed by atoms with Crippen molar-refractivity contribution in [2.45, 2.75) is 25.3 Å². The van der Waals surface area contributed by atoms with Gasteiger partial charge in [-0.1, -0.05) is 6.07 Å². The molecule has 14 heavy (non-hydrogen) atoms. The molecule has 0 aliphatic heterocycles. The van der Waals surface area contributed by atoms with Crippen LogP contribution in [0.5, 0.6) is 0 Å². The molecule has 76 valence electrons. The zero-order valence-corrected chi connectivity index (χ0v) is 8.96. The van der Waals surface area contributed by atoms with Crippen molar-refractivity contribution >= 4 is 5.69 Å². The average Bonchev–Trinajstić information content (AvgIpc) is 2.18. The summed E-state index contributed by atoms with van der Waals surface area (Å²) >= 11 is 0. The monoisotopic (exact) mass is 190 g/mol. The quantitative estimate of drug-likeness (QED) is 0.734. The predicted octanol–water partition coefficient (Wildman–Crippen LogP) is 2.09. The van der Waals surface area contributed by atoms with E-state index >= 15 is 0 Å². The lowest BCUT2D eigenvalue weighted by Crippen LogP contribution is -2.18. The predicted molar refractivity (Wildman–Crippen MR) is 60.6 cm³/mol. The van der Waals surface area contributed by atoms with Crippen LogP contribution in [0, 0.1) is 0 Å². The van der Waals surface area contributed by atoms with Crippen LogP contribution in [-0.2, 0) is 6.42 Å². The highest BCUT2D eigenvalue weighted by Crippen LogP contribution is 2.30. The maximum absolute atomic E-state index is 6.10. The van der Waals surface area contributed by atoms with Crippen molar-refractivity contribution in [2.75, 3.05) is 19.0 Å². The summed E-state index contributed by atoms with van der Waals surface area (Å²) in [6.45, 7) is 0. The van der Waals surface area contributed by atoms with E-state index in [0.717, 1.165) is 6.42 Å². The second kappa shape index (κ2) is 3.62. The Kier molecular flexibility index (Phi) is 2.46. The molecule has 0 saturated heterocycles. The van der Waals surface area contributed by atoms with Crippen LogP contribution in [0.2, 0.25) is 0 Å². The smallest absolute Gasteiger partial charge is 0.0364 e. The van der Waals surface area contributed by atoms with Gasteiger partial charge < -0.3 is 10.6 Å². The summed E-state index contributed by atoms with van der Waals surface area (Å²) < 4.78 is 0. The molecule has 2 N–H and O–H groups in total. The second-order valence-electron chi connectivity index (χ2n) is 4.28. The van der Waals surface area contributed by atoms with Gasteiger partial charge in [-0.3, -0.25) is 0 Å². The van der Waals surface area contributed by atoms with E-state index in [-0.39, 0.29) is 6.04 Å². The molecule has 0 spiro atoms. The van der Waals surface area contributed by atoms with Gasteiger partial charge in [0.05, 0.1) is 0 Å². The van der Waals surface area contributed by atoms with Crippen LogP contribution in [-0.4, -0.2) is 14.1 Å². The Morgan fingerprint density at radius 1 is 1.36 bits per heavy atom. The van der Waals surface area contributed by atoms with Crippen molar-refractivity contribution in [3.05, 3.63) is 29.3 Å². The SMILES string of the molecule is CN(C)c1ccc2c(c1)C(N)CCC2. The third-order valence-electron chi connectivity index (χ3n) is 3.01. The molecule has 1 aliphatic rings. The molecule has 0 aromatic heterocycles. The van der Waals surface area contributed by atoms with Crippen LogP contribution in [0.4, 0.5) is 5.69 Å². The molecule has 2 nitrogen and oxygen atoms in total. The molecular formula is C12H18N2. The topological polar surface area (TPSA) is 29.3 Å². The highest BCUT2D eigenvalue weighted by Gasteiger charge is 2.16. The number of fused-ring (bicyclic) bond motifs is 1. The van der Waals surface area contributed by atoms with E-state index in [1.807, 2.05) is 0 Å². The van der Waals surface area contributed by atoms with Gasteiger partial charge in [-0.05, 0) is 42.5 Å². The first-order valence-corrected chi connectivity index (χ1v) is 5.24. The number of nitrogens with zero attached hydrogens (tertiary/aromatic N) is 1. The first-order chi connectivity index (χ1) is 6.68. The van der Waals surface area contributed by atoms with Crippen LogP contribution < -0.4 is 10.6 Å². The van der Waals surface area contributed by atoms with E-state index in [9.17, 15) is 0 Å². The minimum absolute atomic E-state index is 0.249. The molecule has 1 unspecified atom stereocenters. The van der Waals surface area contributed by atoms with Crippen LogP contribution in [0.3, 0.4) is 0 Å². The van der Waals surface area contributed by atoms with Gasteiger partial charge in [0.1, 0.15) is 0 Å². The Bertz CT molecular complexity index is 331. The van der Waals surface area contributed by atoms with Gasteiger partial charge in [-0.2, -0.15) is 0 Å². The van der Waals surface area contributed by atoms with Gasteiger partial charge in [0.25, 0.3) is 0 Å². The zero-order chi connectivity index (χ0) is 10.1. The van der Waals surface area contributed by atoms with E-state index in [1.54, 1.807) is 0 Å². The van der Waals surface area contributed by atoms with Crippen molar-refractivity contribution < 1.29 is 0 Å². The lowest BCUT2D eigenvalue weighted by Gasteiger charge is -2.24. The van der Waals surface area contributed by atoms with Gasteiger partial charge in [0, 0.05) is 25.8 Å². The summed E-state index contributed by atoms with van der Waals surface area (Å²) in [4.78, 5) is 2.13. The van der Waals surface area contributed by atoms with Gasteiger partial charge in [0.15, 0.2) is 0 Å². The van der Waals surface area contributed by atoms with Crippen molar-refractivity contribution in [1.29, 1.82) is 0 Å². The number of aryl methyl sites for hydroxylation is 1. The molecule has 2 rings (SSSR count). The van der Waals surface area contributed by atoms with Crippen LogP contribution in [0.1, 0.15) is 30.0 Å². The molecule has 1 aliphatic carbocycles. The van der Waals surface area contributed by atoms with E-state index in [4.69, 9.17) is 5.73 Å². The Hall–Kier alpha value is -1.02. The molecule has 0 radical (unpaired) electrons. The molecule has 0 bridgehead atoms. The normalized spacial score (nSPS) is 20.4. The molecular weight excluding hydrogens is 172 g/mol. The minimum atomic E-state index is 0.249. The lowest BCUT2D eigenvalue weighted by molar-refractivity contribution is 0.570. The van der Waals surface area contributed by atoms with Crippen molar-refractivity contribution in [1.82, 2.24) is 0 Å². The van der Waals surface area contributed by atoms with Crippen molar-refractivity contribution in [2.24, 2.45) is 5.73 Å². The largest absolute Gasteiger partial charge is 0.378 e. The van der Waals surface area contributed by atoms with E-state index in [1.165, 1.54) is 29.7 Å². The summed E-state index contributed by atoms with van der Waals surface area (Å²) in [6, 6.07) is 6.89. The number of rotatable bonds is 1. The Labute approximate surface area is 85.7 Å². The van der Waals surface area contributed by atoms with Gasteiger partial charge in [-0.15, -0.1) is 0 Å². The van der Waals surface area contributed by atoms with Crippen LogP contribution >= 0.6 is 0 Å². The molecule has 0 amide bonds. The molecule has 0 saturated carbocycles. The minimum Gasteiger partial charge on any atom is -0.378 e. The fraction of sp³-hybridized carbons (Fsp3) is 0.500. The van der Waals surface area contributed by atoms with E-state index in [2.05, 4.69) is 37.2 Å². The summed E-state index contributed by atoms with van der Waals surface area (Å²) in [7, 11) is 4.13. The molecule has 1 atom stereocenters. The fourth-order valence-electron chi connectivity index (χ4n) is 2.10. The van der Waals surface area contributed by atoms with Crippen molar-refractivity contribution in [3.8, 4) is 0 Å². The molecule has 2 heteroatoms. The number of anilines is 1. The van der Waals surface area contributed by atoms with Gasteiger partial charge in [-0.25, -0.2) is 0 Å². The highest BCUT2D eigenvalue weighted by atomic mass is 15.1. The third kappa shape index (κ3) is 1.62. The van der Waals surface area contributed by atoms with Crippen LogP contribution in [0.15, 0.2) is 18.2 Å². The molecule has 1 aromatic carbocycles. The highest BCUT2D eigenvalue weighted by molar-refractivity contribution is 5.51. The summed E-state index contributed by atoms with van der Waals surface area (Å²) in [5.41, 5.74) is 10.1. The average molecular weight is 190 g/mol. The fourth-order valence-corrected chi connectivity index (χ4v) is 2.10. The molecule has 0 heterocycles. The van der Waals surface area contributed by atoms with Gasteiger partial charge >= 0.3 is 0 Å². The second-order valence-corrected chi connectivity index (χ2v) is 4.28. The Morgan fingerprint density at radius 2 is 2.14 bits per heavy atom. The molecule has 0 fully saturated rings. The number of nitrogens with two attached hydrogens (primary N) is 1. The first kappa shape index (κ1) is 9.53. The lowest BCUT2D eigenvalue weighted by atomic mass is 9.88. The summed E-state index contributed by atoms with van der Waals surface area (Å²) in [5, 5.41) is 0. The number of hydrogen-bond acceptors (Lipinski definition) is 2. The van der Waals surface area contributed by atoms with E-state index < -0.39 is 0 Å². The Balaban J connectivity index is 2.41. The molecule has 1 aromatic rings.